The van der Waals surface area contributed by atoms with Crippen molar-refractivity contribution in [2.75, 3.05) is 13.6 Å². The van der Waals surface area contributed by atoms with E-state index in [1.807, 2.05) is 13.1 Å². The molecule has 3 rings (SSSR count). The molecule has 3 heteroatoms. The fraction of sp³-hybridized carbons (Fsp3) is 0.381. The van der Waals surface area contributed by atoms with Crippen LogP contribution in [0.5, 0.6) is 0 Å². The number of hydrogen-bond acceptors (Lipinski definition) is 1. The lowest BCUT2D eigenvalue weighted by Crippen LogP contribution is -2.40. The first-order valence-corrected chi connectivity index (χ1v) is 8.75. The Morgan fingerprint density at radius 3 is 2.25 bits per heavy atom. The van der Waals surface area contributed by atoms with Crippen LogP contribution in [0.1, 0.15) is 36.5 Å². The summed E-state index contributed by atoms with van der Waals surface area (Å²) < 4.78 is 0. The van der Waals surface area contributed by atoms with Crippen molar-refractivity contribution in [3.8, 4) is 0 Å². The van der Waals surface area contributed by atoms with Gasteiger partial charge in [0, 0.05) is 25.6 Å². The van der Waals surface area contributed by atoms with E-state index in [0.29, 0.717) is 6.54 Å². The van der Waals surface area contributed by atoms with Crippen molar-refractivity contribution in [3.05, 3.63) is 71.3 Å². The number of nitrogens with one attached hydrogen (secondary N) is 1. The summed E-state index contributed by atoms with van der Waals surface area (Å²) in [6, 6.07) is 19.0. The quantitative estimate of drug-likeness (QED) is 0.852. The second-order valence-electron chi connectivity index (χ2n) is 6.83. The maximum atomic E-state index is 12.4. The van der Waals surface area contributed by atoms with Crippen LogP contribution >= 0.6 is 0 Å². The lowest BCUT2D eigenvalue weighted by atomic mass is 9.96. The van der Waals surface area contributed by atoms with E-state index < -0.39 is 0 Å². The van der Waals surface area contributed by atoms with E-state index in [-0.39, 0.29) is 11.4 Å². The maximum Gasteiger partial charge on any atom is 0.317 e. The van der Waals surface area contributed by atoms with E-state index >= 15 is 0 Å². The summed E-state index contributed by atoms with van der Waals surface area (Å²) >= 11 is 0. The molecular weight excluding hydrogens is 296 g/mol. The molecule has 126 valence electrons. The fourth-order valence-electron chi connectivity index (χ4n) is 3.12. The molecular formula is C21H26N2O. The van der Waals surface area contributed by atoms with Crippen molar-refractivity contribution in [2.24, 2.45) is 0 Å². The molecule has 1 aliphatic carbocycles. The second-order valence-corrected chi connectivity index (χ2v) is 6.83. The van der Waals surface area contributed by atoms with Crippen molar-refractivity contribution in [1.82, 2.24) is 10.2 Å². The van der Waals surface area contributed by atoms with Gasteiger partial charge in [0.1, 0.15) is 0 Å². The first-order chi connectivity index (χ1) is 11.6. The summed E-state index contributed by atoms with van der Waals surface area (Å²) in [7, 11) is 1.85. The smallest absolute Gasteiger partial charge is 0.317 e. The number of rotatable bonds is 6. The van der Waals surface area contributed by atoms with Crippen LogP contribution in [0.25, 0.3) is 0 Å². The highest BCUT2D eigenvalue weighted by molar-refractivity contribution is 5.74. The Hall–Kier alpha value is -2.29. The van der Waals surface area contributed by atoms with Crippen LogP contribution in [-0.2, 0) is 18.4 Å². The molecule has 1 N–H and O–H groups in total. The van der Waals surface area contributed by atoms with Crippen molar-refractivity contribution in [2.45, 2.75) is 38.1 Å². The van der Waals surface area contributed by atoms with E-state index in [4.69, 9.17) is 0 Å². The van der Waals surface area contributed by atoms with Gasteiger partial charge in [0.25, 0.3) is 0 Å². The number of amides is 2. The monoisotopic (exact) mass is 322 g/mol. The third-order valence-corrected chi connectivity index (χ3v) is 5.02. The summed E-state index contributed by atoms with van der Waals surface area (Å²) in [6.07, 6.45) is 3.34. The van der Waals surface area contributed by atoms with Gasteiger partial charge in [-0.05, 0) is 36.0 Å². The van der Waals surface area contributed by atoms with Gasteiger partial charge in [-0.25, -0.2) is 4.79 Å². The highest BCUT2D eigenvalue weighted by Crippen LogP contribution is 2.47. The number of aryl methyl sites for hydroxylation is 1. The third-order valence-electron chi connectivity index (χ3n) is 5.02. The third kappa shape index (κ3) is 3.78. The molecule has 2 aromatic rings. The summed E-state index contributed by atoms with van der Waals surface area (Å²) in [6.45, 7) is 3.50. The minimum absolute atomic E-state index is 0.00299. The highest BCUT2D eigenvalue weighted by atomic mass is 16.2. The summed E-state index contributed by atoms with van der Waals surface area (Å²) in [5.41, 5.74) is 3.97. The number of urea groups is 1. The van der Waals surface area contributed by atoms with Crippen LogP contribution < -0.4 is 5.32 Å². The molecule has 0 unspecified atom stereocenters. The summed E-state index contributed by atoms with van der Waals surface area (Å²) in [5.74, 6) is 0. The Morgan fingerprint density at radius 1 is 1.04 bits per heavy atom. The molecule has 0 spiro atoms. The maximum absolute atomic E-state index is 12.4. The zero-order chi connectivity index (χ0) is 17.0. The van der Waals surface area contributed by atoms with Gasteiger partial charge in [0.2, 0.25) is 0 Å². The van der Waals surface area contributed by atoms with Gasteiger partial charge in [-0.1, -0.05) is 61.5 Å². The largest absolute Gasteiger partial charge is 0.337 e. The summed E-state index contributed by atoms with van der Waals surface area (Å²) in [5, 5.41) is 3.11. The lowest BCUT2D eigenvalue weighted by Gasteiger charge is -2.21. The molecule has 1 fully saturated rings. The zero-order valence-electron chi connectivity index (χ0n) is 14.6. The molecule has 0 bridgehead atoms. The number of benzene rings is 2. The number of hydrogen-bond donors (Lipinski definition) is 1. The summed E-state index contributed by atoms with van der Waals surface area (Å²) in [4.78, 5) is 14.1. The van der Waals surface area contributed by atoms with Crippen LogP contribution in [0.3, 0.4) is 0 Å². The van der Waals surface area contributed by atoms with Crippen molar-refractivity contribution in [3.63, 3.8) is 0 Å². The van der Waals surface area contributed by atoms with Crippen molar-refractivity contribution in [1.29, 1.82) is 0 Å². The van der Waals surface area contributed by atoms with E-state index in [9.17, 15) is 4.79 Å². The average Bonchev–Trinajstić information content (AvgIpc) is 3.42. The van der Waals surface area contributed by atoms with Crippen molar-refractivity contribution < 1.29 is 4.79 Å². The normalized spacial score (nSPS) is 14.9. The molecule has 0 aliphatic heterocycles. The van der Waals surface area contributed by atoms with Crippen LogP contribution in [0.4, 0.5) is 4.79 Å². The standard InChI is InChI=1S/C21H26N2O/c1-3-17-9-11-18(12-10-17)15-23(2)20(24)22-16-21(13-14-21)19-7-5-4-6-8-19/h4-12H,3,13-16H2,1-2H3,(H,22,24). The topological polar surface area (TPSA) is 32.3 Å². The van der Waals surface area contributed by atoms with Gasteiger partial charge in [0.15, 0.2) is 0 Å². The Morgan fingerprint density at radius 2 is 1.67 bits per heavy atom. The fourth-order valence-corrected chi connectivity index (χ4v) is 3.12. The molecule has 0 aromatic heterocycles. The van der Waals surface area contributed by atoms with Crippen LogP contribution in [0, 0.1) is 0 Å². The number of carbonyl (C=O) groups is 1. The van der Waals surface area contributed by atoms with Gasteiger partial charge < -0.3 is 10.2 Å². The molecule has 2 aromatic carbocycles. The van der Waals surface area contributed by atoms with Gasteiger partial charge in [-0.2, -0.15) is 0 Å². The predicted molar refractivity (Wildman–Crippen MR) is 98.0 cm³/mol. The molecule has 1 saturated carbocycles. The van der Waals surface area contributed by atoms with Crippen LogP contribution in [0.2, 0.25) is 0 Å². The Balaban J connectivity index is 1.53. The van der Waals surface area contributed by atoms with Gasteiger partial charge in [-0.15, -0.1) is 0 Å². The van der Waals surface area contributed by atoms with E-state index in [1.165, 1.54) is 11.1 Å². The number of carbonyl (C=O) groups excluding carboxylic acids is 1. The molecule has 0 heterocycles. The minimum atomic E-state index is -0.00299. The Bertz CT molecular complexity index is 675. The molecule has 2 amide bonds. The SMILES string of the molecule is CCc1ccc(CN(C)C(=O)NCC2(c3ccccc3)CC2)cc1. The van der Waals surface area contributed by atoms with E-state index in [2.05, 4.69) is 60.8 Å². The first kappa shape index (κ1) is 16.6. The predicted octanol–water partition coefficient (Wildman–Crippen LogP) is 4.12. The van der Waals surface area contributed by atoms with Crippen LogP contribution in [0.15, 0.2) is 54.6 Å². The highest BCUT2D eigenvalue weighted by Gasteiger charge is 2.44. The Kier molecular flexibility index (Phi) is 4.89. The van der Waals surface area contributed by atoms with Crippen molar-refractivity contribution >= 4 is 6.03 Å². The number of nitrogens with zero attached hydrogens (tertiary/aromatic N) is 1. The van der Waals surface area contributed by atoms with Gasteiger partial charge in [0.05, 0.1) is 0 Å². The zero-order valence-corrected chi connectivity index (χ0v) is 14.6. The van der Waals surface area contributed by atoms with Gasteiger partial charge in [-0.3, -0.25) is 0 Å². The molecule has 0 atom stereocenters. The van der Waals surface area contributed by atoms with Crippen LogP contribution in [-0.4, -0.2) is 24.5 Å². The molecule has 0 radical (unpaired) electrons. The average molecular weight is 322 g/mol. The molecule has 1 aliphatic rings. The minimum Gasteiger partial charge on any atom is -0.337 e. The van der Waals surface area contributed by atoms with Gasteiger partial charge >= 0.3 is 6.03 Å². The van der Waals surface area contributed by atoms with E-state index in [1.54, 1.807) is 4.90 Å². The Labute approximate surface area is 144 Å². The molecule has 3 nitrogen and oxygen atoms in total. The lowest BCUT2D eigenvalue weighted by molar-refractivity contribution is 0.206. The van der Waals surface area contributed by atoms with E-state index in [0.717, 1.165) is 31.4 Å². The second kappa shape index (κ2) is 7.08. The first-order valence-electron chi connectivity index (χ1n) is 8.75. The molecule has 24 heavy (non-hydrogen) atoms. The molecule has 0 saturated heterocycles.